The van der Waals surface area contributed by atoms with Gasteiger partial charge in [0.1, 0.15) is 11.9 Å². The summed E-state index contributed by atoms with van der Waals surface area (Å²) in [6.07, 6.45) is 0.747. The predicted octanol–water partition coefficient (Wildman–Crippen LogP) is 3.59. The molecule has 2 N–H and O–H groups in total. The molecular weight excluding hydrogens is 416 g/mol. The fourth-order valence-electron chi connectivity index (χ4n) is 3.71. The van der Waals surface area contributed by atoms with Crippen LogP contribution >= 0.6 is 11.6 Å². The number of nitrogens with one attached hydrogen (secondary N) is 2. The van der Waals surface area contributed by atoms with Crippen LogP contribution in [0.25, 0.3) is 11.1 Å². The molecule has 2 amide bonds. The van der Waals surface area contributed by atoms with Crippen LogP contribution in [0, 0.1) is 0 Å². The Hall–Kier alpha value is -3.16. The molecule has 8 heteroatoms. The summed E-state index contributed by atoms with van der Waals surface area (Å²) in [7, 11) is 1.59. The van der Waals surface area contributed by atoms with Crippen LogP contribution in [-0.2, 0) is 27.4 Å². The molecule has 1 atom stereocenters. The molecule has 7 nitrogen and oxygen atoms in total. The lowest BCUT2D eigenvalue weighted by Crippen LogP contribution is -2.30. The van der Waals surface area contributed by atoms with Crippen molar-refractivity contribution in [2.24, 2.45) is 0 Å². The molecule has 1 aliphatic rings. The lowest BCUT2D eigenvalue weighted by Gasteiger charge is -2.10. The van der Waals surface area contributed by atoms with E-state index < -0.39 is 6.04 Å². The first-order chi connectivity index (χ1) is 15.1. The predicted molar refractivity (Wildman–Crippen MR) is 119 cm³/mol. The lowest BCUT2D eigenvalue weighted by molar-refractivity contribution is -0.126. The van der Waals surface area contributed by atoms with Gasteiger partial charge in [0.2, 0.25) is 5.91 Å². The molecule has 0 fully saturated rings. The number of carbonyl (C=O) groups is 2. The van der Waals surface area contributed by atoms with Gasteiger partial charge in [-0.2, -0.15) is 5.10 Å². The largest absolute Gasteiger partial charge is 0.378 e. The average Bonchev–Trinajstić information content (AvgIpc) is 3.25. The average molecular weight is 439 g/mol. The van der Waals surface area contributed by atoms with Crippen LogP contribution in [0.2, 0.25) is 5.02 Å². The monoisotopic (exact) mass is 438 g/mol. The standard InChI is InChI=1S/C23H23ClN4O3/c1-31-14-18-21(16-7-9-17(24)10-8-16)22-26-23(30)19(28(22)27-18)13-20(29)25-12-11-15-5-3-2-4-6-15/h2-10,19H,11-14H2,1H3,(H,25,29)(H,26,30). The van der Waals surface area contributed by atoms with Crippen molar-refractivity contribution in [2.75, 3.05) is 19.0 Å². The highest BCUT2D eigenvalue weighted by molar-refractivity contribution is 6.30. The Kier molecular flexibility index (Phi) is 6.34. The van der Waals surface area contributed by atoms with Crippen molar-refractivity contribution in [1.29, 1.82) is 0 Å². The Balaban J connectivity index is 1.50. The van der Waals surface area contributed by atoms with E-state index >= 15 is 0 Å². The molecule has 0 radical (unpaired) electrons. The van der Waals surface area contributed by atoms with Crippen molar-refractivity contribution in [3.63, 3.8) is 0 Å². The number of fused-ring (bicyclic) bond motifs is 1. The molecule has 1 unspecified atom stereocenters. The molecule has 0 bridgehead atoms. The number of ether oxygens (including phenoxy) is 1. The minimum atomic E-state index is -0.705. The van der Waals surface area contributed by atoms with Crippen LogP contribution in [0.5, 0.6) is 0 Å². The van der Waals surface area contributed by atoms with Gasteiger partial charge in [-0.1, -0.05) is 54.1 Å². The number of halogens is 1. The summed E-state index contributed by atoms with van der Waals surface area (Å²) in [5.41, 5.74) is 3.48. The molecule has 3 aromatic rings. The highest BCUT2D eigenvalue weighted by Gasteiger charge is 2.36. The Morgan fingerprint density at radius 3 is 2.65 bits per heavy atom. The first-order valence-electron chi connectivity index (χ1n) is 10.0. The summed E-state index contributed by atoms with van der Waals surface area (Å²) < 4.78 is 6.89. The lowest BCUT2D eigenvalue weighted by atomic mass is 10.1. The third kappa shape index (κ3) is 4.62. The molecule has 0 aliphatic carbocycles. The topological polar surface area (TPSA) is 85.2 Å². The van der Waals surface area contributed by atoms with E-state index in [2.05, 4.69) is 15.7 Å². The van der Waals surface area contributed by atoms with Crippen LogP contribution in [0.15, 0.2) is 54.6 Å². The van der Waals surface area contributed by atoms with Gasteiger partial charge in [0, 0.05) is 24.2 Å². The summed E-state index contributed by atoms with van der Waals surface area (Å²) in [5.74, 6) is 0.127. The van der Waals surface area contributed by atoms with Gasteiger partial charge in [-0.15, -0.1) is 0 Å². The van der Waals surface area contributed by atoms with E-state index in [1.54, 1.807) is 23.9 Å². The highest BCUT2D eigenvalue weighted by Crippen LogP contribution is 2.39. The number of anilines is 1. The van der Waals surface area contributed by atoms with Crippen molar-refractivity contribution in [3.8, 4) is 11.1 Å². The number of hydrogen-bond donors (Lipinski definition) is 2. The molecule has 0 spiro atoms. The summed E-state index contributed by atoms with van der Waals surface area (Å²) in [6.45, 7) is 0.790. The molecule has 0 saturated heterocycles. The quantitative estimate of drug-likeness (QED) is 0.562. The zero-order valence-corrected chi connectivity index (χ0v) is 17.9. The van der Waals surface area contributed by atoms with Crippen LogP contribution in [0.4, 0.5) is 5.82 Å². The van der Waals surface area contributed by atoms with Gasteiger partial charge in [0.05, 0.1) is 18.7 Å². The second-order valence-electron chi connectivity index (χ2n) is 7.35. The van der Waals surface area contributed by atoms with Gasteiger partial charge in [0.25, 0.3) is 5.91 Å². The smallest absolute Gasteiger partial charge is 0.251 e. The number of carbonyl (C=O) groups excluding carboxylic acids is 2. The zero-order chi connectivity index (χ0) is 21.8. The number of amides is 2. The fraction of sp³-hybridized carbons (Fsp3) is 0.261. The van der Waals surface area contributed by atoms with Crippen molar-refractivity contribution >= 4 is 29.2 Å². The van der Waals surface area contributed by atoms with Gasteiger partial charge in [-0.3, -0.25) is 9.59 Å². The molecule has 1 aliphatic heterocycles. The van der Waals surface area contributed by atoms with E-state index in [1.807, 2.05) is 42.5 Å². The third-order valence-corrected chi connectivity index (χ3v) is 5.45. The Labute approximate surface area is 185 Å². The van der Waals surface area contributed by atoms with Crippen LogP contribution in [-0.4, -0.2) is 35.2 Å². The zero-order valence-electron chi connectivity index (χ0n) is 17.1. The third-order valence-electron chi connectivity index (χ3n) is 5.19. The maximum absolute atomic E-state index is 12.6. The fourth-order valence-corrected chi connectivity index (χ4v) is 3.84. The first kappa shape index (κ1) is 21.1. The minimum absolute atomic E-state index is 0.0157. The number of hydrogen-bond acceptors (Lipinski definition) is 4. The first-order valence-corrected chi connectivity index (χ1v) is 10.4. The van der Waals surface area contributed by atoms with Gasteiger partial charge < -0.3 is 15.4 Å². The minimum Gasteiger partial charge on any atom is -0.378 e. The van der Waals surface area contributed by atoms with Crippen LogP contribution < -0.4 is 10.6 Å². The van der Waals surface area contributed by atoms with Gasteiger partial charge in [-0.25, -0.2) is 4.68 Å². The van der Waals surface area contributed by atoms with Gasteiger partial charge in [0.15, 0.2) is 0 Å². The number of benzene rings is 2. The molecule has 160 valence electrons. The SMILES string of the molecule is COCc1nn2c(c1-c1ccc(Cl)cc1)NC(=O)C2CC(=O)NCCc1ccccc1. The van der Waals surface area contributed by atoms with Crippen molar-refractivity contribution in [1.82, 2.24) is 15.1 Å². The second kappa shape index (κ2) is 9.32. The van der Waals surface area contributed by atoms with Crippen molar-refractivity contribution in [3.05, 3.63) is 70.9 Å². The number of methoxy groups -OCH3 is 1. The summed E-state index contributed by atoms with van der Waals surface area (Å²) in [4.78, 5) is 25.1. The van der Waals surface area contributed by atoms with E-state index in [9.17, 15) is 9.59 Å². The number of aromatic nitrogens is 2. The molecular formula is C23H23ClN4O3. The second-order valence-corrected chi connectivity index (χ2v) is 7.79. The van der Waals surface area contributed by atoms with Crippen molar-refractivity contribution < 1.29 is 14.3 Å². The van der Waals surface area contributed by atoms with E-state index in [1.165, 1.54) is 0 Å². The molecule has 31 heavy (non-hydrogen) atoms. The summed E-state index contributed by atoms with van der Waals surface area (Å²) in [6, 6.07) is 16.5. The highest BCUT2D eigenvalue weighted by atomic mass is 35.5. The van der Waals surface area contributed by atoms with Gasteiger partial charge in [-0.05, 0) is 29.7 Å². The summed E-state index contributed by atoms with van der Waals surface area (Å²) in [5, 5.41) is 11.0. The number of rotatable bonds is 8. The molecule has 1 aromatic heterocycles. The van der Waals surface area contributed by atoms with E-state index in [0.29, 0.717) is 23.1 Å². The van der Waals surface area contributed by atoms with Crippen LogP contribution in [0.3, 0.4) is 0 Å². The molecule has 2 heterocycles. The molecule has 0 saturated carbocycles. The maximum Gasteiger partial charge on any atom is 0.251 e. The van der Waals surface area contributed by atoms with Crippen LogP contribution in [0.1, 0.15) is 23.7 Å². The van der Waals surface area contributed by atoms with E-state index in [4.69, 9.17) is 16.3 Å². The van der Waals surface area contributed by atoms with E-state index in [0.717, 1.165) is 23.1 Å². The van der Waals surface area contributed by atoms with E-state index in [-0.39, 0.29) is 24.8 Å². The summed E-state index contributed by atoms with van der Waals surface area (Å²) >= 11 is 6.02. The Bertz CT molecular complexity index is 1080. The molecule has 4 rings (SSSR count). The normalized spacial score (nSPS) is 14.9. The Morgan fingerprint density at radius 1 is 1.19 bits per heavy atom. The van der Waals surface area contributed by atoms with Gasteiger partial charge >= 0.3 is 0 Å². The number of nitrogens with zero attached hydrogens (tertiary/aromatic N) is 2. The molecule has 2 aromatic carbocycles. The Morgan fingerprint density at radius 2 is 1.94 bits per heavy atom. The maximum atomic E-state index is 12.6. The van der Waals surface area contributed by atoms with Crippen molar-refractivity contribution in [2.45, 2.75) is 25.5 Å².